The lowest BCUT2D eigenvalue weighted by Crippen LogP contribution is -2.32. The molecule has 0 bridgehead atoms. The maximum atomic E-state index is 12.2. The molecule has 6 nitrogen and oxygen atoms in total. The molecule has 2 N–H and O–H groups in total. The highest BCUT2D eigenvalue weighted by atomic mass is 16.5. The van der Waals surface area contributed by atoms with Crippen LogP contribution in [0.3, 0.4) is 0 Å². The number of benzene rings is 2. The Morgan fingerprint density at radius 2 is 1.52 bits per heavy atom. The molecule has 0 spiro atoms. The highest BCUT2D eigenvalue weighted by molar-refractivity contribution is 5.99. The zero-order chi connectivity index (χ0) is 19.8. The van der Waals surface area contributed by atoms with Crippen molar-refractivity contribution in [3.63, 3.8) is 0 Å². The summed E-state index contributed by atoms with van der Waals surface area (Å²) in [6.45, 7) is 8.52. The van der Waals surface area contributed by atoms with E-state index < -0.39 is 0 Å². The van der Waals surface area contributed by atoms with Gasteiger partial charge in [0.05, 0.1) is 19.8 Å². The molecule has 0 aliphatic rings. The third-order valence-electron chi connectivity index (χ3n) is 3.72. The minimum atomic E-state index is -0.320. The maximum Gasteiger partial charge on any atom is 0.251 e. The van der Waals surface area contributed by atoms with Gasteiger partial charge in [-0.3, -0.25) is 9.59 Å². The normalized spacial score (nSPS) is 10.2. The zero-order valence-electron chi connectivity index (χ0n) is 16.2. The summed E-state index contributed by atoms with van der Waals surface area (Å²) in [6.07, 6.45) is 0. The SMILES string of the molecule is CCOc1ccc(NC(=O)CNC(=O)c2cc(C)cc(C)c2)cc1OCC. The van der Waals surface area contributed by atoms with Crippen molar-refractivity contribution in [1.29, 1.82) is 0 Å². The zero-order valence-corrected chi connectivity index (χ0v) is 16.2. The minimum absolute atomic E-state index is 0.122. The Kier molecular flexibility index (Phi) is 7.23. The fourth-order valence-electron chi connectivity index (χ4n) is 2.70. The van der Waals surface area contributed by atoms with Gasteiger partial charge in [0, 0.05) is 17.3 Å². The first-order valence-electron chi connectivity index (χ1n) is 8.99. The first-order valence-corrected chi connectivity index (χ1v) is 8.99. The Balaban J connectivity index is 1.96. The fraction of sp³-hybridized carbons (Fsp3) is 0.333. The number of hydrogen-bond donors (Lipinski definition) is 2. The second-order valence-electron chi connectivity index (χ2n) is 6.13. The van der Waals surface area contributed by atoms with Gasteiger partial charge in [0.1, 0.15) is 0 Å². The van der Waals surface area contributed by atoms with Crippen molar-refractivity contribution in [3.05, 3.63) is 53.1 Å². The summed E-state index contributed by atoms with van der Waals surface area (Å²) in [5.74, 6) is 0.592. The topological polar surface area (TPSA) is 76.7 Å². The number of hydrogen-bond acceptors (Lipinski definition) is 4. The van der Waals surface area contributed by atoms with Crippen LogP contribution in [-0.4, -0.2) is 31.6 Å². The highest BCUT2D eigenvalue weighted by Gasteiger charge is 2.11. The van der Waals surface area contributed by atoms with E-state index in [9.17, 15) is 9.59 Å². The molecule has 0 aliphatic carbocycles. The molecular weight excluding hydrogens is 344 g/mol. The van der Waals surface area contributed by atoms with E-state index in [4.69, 9.17) is 9.47 Å². The molecule has 0 saturated heterocycles. The van der Waals surface area contributed by atoms with Crippen LogP contribution in [0.25, 0.3) is 0 Å². The summed E-state index contributed by atoms with van der Waals surface area (Å²) in [7, 11) is 0. The lowest BCUT2D eigenvalue weighted by molar-refractivity contribution is -0.115. The molecule has 0 fully saturated rings. The average molecular weight is 370 g/mol. The summed E-state index contributed by atoms with van der Waals surface area (Å²) in [5.41, 5.74) is 3.12. The van der Waals surface area contributed by atoms with Gasteiger partial charge in [-0.25, -0.2) is 0 Å². The van der Waals surface area contributed by atoms with E-state index in [2.05, 4.69) is 10.6 Å². The number of carbonyl (C=O) groups is 2. The van der Waals surface area contributed by atoms with Crippen molar-refractivity contribution in [2.75, 3.05) is 25.1 Å². The highest BCUT2D eigenvalue weighted by Crippen LogP contribution is 2.30. The summed E-state index contributed by atoms with van der Waals surface area (Å²) in [6, 6.07) is 10.8. The number of nitrogens with one attached hydrogen (secondary N) is 2. The largest absolute Gasteiger partial charge is 0.490 e. The van der Waals surface area contributed by atoms with E-state index in [-0.39, 0.29) is 18.4 Å². The Bertz CT molecular complexity index is 798. The Hall–Kier alpha value is -3.02. The summed E-state index contributed by atoms with van der Waals surface area (Å²) < 4.78 is 11.0. The van der Waals surface area contributed by atoms with E-state index in [1.54, 1.807) is 30.3 Å². The van der Waals surface area contributed by atoms with E-state index in [0.29, 0.717) is 36.0 Å². The predicted octanol–water partition coefficient (Wildman–Crippen LogP) is 3.47. The molecule has 2 amide bonds. The Morgan fingerprint density at radius 3 is 2.15 bits per heavy atom. The van der Waals surface area contributed by atoms with Gasteiger partial charge in [-0.2, -0.15) is 0 Å². The molecule has 27 heavy (non-hydrogen) atoms. The number of anilines is 1. The fourth-order valence-corrected chi connectivity index (χ4v) is 2.70. The number of ether oxygens (including phenoxy) is 2. The summed E-state index contributed by atoms with van der Waals surface area (Å²) >= 11 is 0. The van der Waals surface area contributed by atoms with Gasteiger partial charge in [-0.1, -0.05) is 17.2 Å². The average Bonchev–Trinajstić information content (AvgIpc) is 2.61. The lowest BCUT2D eigenvalue weighted by Gasteiger charge is -2.13. The van der Waals surface area contributed by atoms with E-state index in [1.807, 2.05) is 33.8 Å². The van der Waals surface area contributed by atoms with Crippen LogP contribution >= 0.6 is 0 Å². The second kappa shape index (κ2) is 9.62. The Morgan fingerprint density at radius 1 is 0.889 bits per heavy atom. The van der Waals surface area contributed by atoms with E-state index >= 15 is 0 Å². The molecule has 2 aromatic carbocycles. The number of aryl methyl sites for hydroxylation is 2. The summed E-state index contributed by atoms with van der Waals surface area (Å²) in [5, 5.41) is 5.39. The number of carbonyl (C=O) groups excluding carboxylic acids is 2. The molecule has 0 saturated carbocycles. The van der Waals surface area contributed by atoms with Crippen molar-refractivity contribution in [1.82, 2.24) is 5.32 Å². The minimum Gasteiger partial charge on any atom is -0.490 e. The van der Waals surface area contributed by atoms with Crippen LogP contribution in [0.2, 0.25) is 0 Å². The van der Waals surface area contributed by atoms with Crippen molar-refractivity contribution >= 4 is 17.5 Å². The number of amides is 2. The van der Waals surface area contributed by atoms with Gasteiger partial charge in [0.15, 0.2) is 11.5 Å². The molecule has 0 atom stereocenters. The van der Waals surface area contributed by atoms with E-state index in [1.165, 1.54) is 0 Å². The first-order chi connectivity index (χ1) is 12.9. The molecule has 0 aromatic heterocycles. The van der Waals surface area contributed by atoms with E-state index in [0.717, 1.165) is 11.1 Å². The van der Waals surface area contributed by atoms with Gasteiger partial charge in [-0.15, -0.1) is 0 Å². The standard InChI is InChI=1S/C21H26N2O4/c1-5-26-18-8-7-17(12-19(18)27-6-2)23-20(24)13-22-21(25)16-10-14(3)9-15(4)11-16/h7-12H,5-6,13H2,1-4H3,(H,22,25)(H,23,24). The molecule has 0 unspecified atom stereocenters. The third kappa shape index (κ3) is 6.02. The molecular formula is C21H26N2O4. The predicted molar refractivity (Wildman–Crippen MR) is 106 cm³/mol. The molecule has 144 valence electrons. The molecule has 0 heterocycles. The summed E-state index contributed by atoms with van der Waals surface area (Å²) in [4.78, 5) is 24.4. The molecule has 6 heteroatoms. The van der Waals surface area contributed by atoms with Crippen molar-refractivity contribution in [2.24, 2.45) is 0 Å². The quantitative estimate of drug-likeness (QED) is 0.746. The van der Waals surface area contributed by atoms with Gasteiger partial charge < -0.3 is 20.1 Å². The Labute approximate surface area is 159 Å². The monoisotopic (exact) mass is 370 g/mol. The van der Waals surface area contributed by atoms with Crippen LogP contribution in [0.4, 0.5) is 5.69 Å². The number of rotatable bonds is 8. The van der Waals surface area contributed by atoms with Crippen LogP contribution < -0.4 is 20.1 Å². The van der Waals surface area contributed by atoms with Gasteiger partial charge in [0.25, 0.3) is 5.91 Å². The van der Waals surface area contributed by atoms with Gasteiger partial charge >= 0.3 is 0 Å². The van der Waals surface area contributed by atoms with Crippen molar-refractivity contribution in [2.45, 2.75) is 27.7 Å². The van der Waals surface area contributed by atoms with Crippen molar-refractivity contribution in [3.8, 4) is 11.5 Å². The molecule has 0 radical (unpaired) electrons. The smallest absolute Gasteiger partial charge is 0.251 e. The molecule has 2 rings (SSSR count). The lowest BCUT2D eigenvalue weighted by atomic mass is 10.1. The van der Waals surface area contributed by atoms with Crippen LogP contribution in [0.15, 0.2) is 36.4 Å². The van der Waals surface area contributed by atoms with Crippen LogP contribution in [0.5, 0.6) is 11.5 Å². The van der Waals surface area contributed by atoms with Crippen LogP contribution in [-0.2, 0) is 4.79 Å². The van der Waals surface area contributed by atoms with Crippen molar-refractivity contribution < 1.29 is 19.1 Å². The van der Waals surface area contributed by atoms with Crippen LogP contribution in [0.1, 0.15) is 35.3 Å². The van der Waals surface area contributed by atoms with Gasteiger partial charge in [0.2, 0.25) is 5.91 Å². The molecule has 0 aliphatic heterocycles. The van der Waals surface area contributed by atoms with Gasteiger partial charge in [-0.05, 0) is 52.0 Å². The van der Waals surface area contributed by atoms with Crippen LogP contribution in [0, 0.1) is 13.8 Å². The maximum absolute atomic E-state index is 12.2. The second-order valence-corrected chi connectivity index (χ2v) is 6.13. The third-order valence-corrected chi connectivity index (χ3v) is 3.72. The molecule has 2 aromatic rings. The first kappa shape index (κ1) is 20.3.